The zero-order valence-corrected chi connectivity index (χ0v) is 29.2. The van der Waals surface area contributed by atoms with Gasteiger partial charge >= 0.3 is 0 Å². The topological polar surface area (TPSA) is 70.5 Å². The second-order valence-electron chi connectivity index (χ2n) is 15.1. The van der Waals surface area contributed by atoms with Gasteiger partial charge in [0.2, 0.25) is 0 Å². The molecule has 3 saturated carbocycles. The summed E-state index contributed by atoms with van der Waals surface area (Å²) in [6, 6.07) is 25.8. The molecule has 0 radical (unpaired) electrons. The lowest BCUT2D eigenvalue weighted by molar-refractivity contribution is 0.342. The maximum atomic E-state index is 6.75. The van der Waals surface area contributed by atoms with Gasteiger partial charge in [-0.1, -0.05) is 82.1 Å². The number of nitrogen functional groups attached to an aromatic ring is 2. The number of hydrogen-bond donors (Lipinski definition) is 2. The molecule has 3 fully saturated rings. The second kappa shape index (κ2) is 14.3. The fraction of sp³-hybridized carbons (Fsp3) is 0.455. The van der Waals surface area contributed by atoms with Crippen LogP contribution in [-0.4, -0.2) is 0 Å². The van der Waals surface area contributed by atoms with Crippen LogP contribution >= 0.6 is 0 Å². The number of benzene rings is 4. The Morgan fingerprint density at radius 3 is 1.27 bits per heavy atom. The van der Waals surface area contributed by atoms with Crippen LogP contribution in [0.15, 0.2) is 72.8 Å². The van der Waals surface area contributed by atoms with Crippen molar-refractivity contribution in [2.75, 3.05) is 11.5 Å². The Bertz CT molecular complexity index is 1570. The predicted molar refractivity (Wildman–Crippen MR) is 200 cm³/mol. The first-order valence-electron chi connectivity index (χ1n) is 18.8. The first-order valence-corrected chi connectivity index (χ1v) is 18.8. The van der Waals surface area contributed by atoms with E-state index in [0.717, 1.165) is 34.4 Å². The Labute approximate surface area is 288 Å². The van der Waals surface area contributed by atoms with Gasteiger partial charge in [-0.25, -0.2) is 0 Å². The minimum Gasteiger partial charge on any atom is -0.457 e. The van der Waals surface area contributed by atoms with E-state index in [1.807, 2.05) is 48.5 Å². The molecule has 252 valence electrons. The van der Waals surface area contributed by atoms with Crippen molar-refractivity contribution >= 4 is 11.4 Å². The molecule has 4 aromatic rings. The summed E-state index contributed by atoms with van der Waals surface area (Å²) in [5.74, 6) is 4.86. The Hall–Kier alpha value is -3.92. The normalized spacial score (nSPS) is 18.8. The van der Waals surface area contributed by atoms with Gasteiger partial charge in [0, 0.05) is 16.8 Å². The zero-order valence-electron chi connectivity index (χ0n) is 29.2. The molecule has 4 heteroatoms. The summed E-state index contributed by atoms with van der Waals surface area (Å²) >= 11 is 0. The summed E-state index contributed by atoms with van der Waals surface area (Å²) in [4.78, 5) is 0. The summed E-state index contributed by atoms with van der Waals surface area (Å²) in [6.07, 6.45) is 18.9. The third kappa shape index (κ3) is 6.81. The highest BCUT2D eigenvalue weighted by molar-refractivity contribution is 5.57. The summed E-state index contributed by atoms with van der Waals surface area (Å²) < 4.78 is 13.5. The molecule has 3 aliphatic rings. The summed E-state index contributed by atoms with van der Waals surface area (Å²) in [6.45, 7) is 4.53. The molecule has 4 nitrogen and oxygen atoms in total. The highest BCUT2D eigenvalue weighted by Crippen LogP contribution is 2.51. The fourth-order valence-corrected chi connectivity index (χ4v) is 9.07. The molecule has 0 aromatic heterocycles. The lowest BCUT2D eigenvalue weighted by Crippen LogP contribution is -2.31. The molecule has 0 unspecified atom stereocenters. The minimum atomic E-state index is -0.0277. The van der Waals surface area contributed by atoms with Crippen molar-refractivity contribution in [1.82, 2.24) is 0 Å². The van der Waals surface area contributed by atoms with Gasteiger partial charge in [0.05, 0.1) is 0 Å². The van der Waals surface area contributed by atoms with Gasteiger partial charge in [0.1, 0.15) is 23.0 Å². The van der Waals surface area contributed by atoms with E-state index in [4.69, 9.17) is 20.9 Å². The van der Waals surface area contributed by atoms with Crippen LogP contribution in [0.4, 0.5) is 11.4 Å². The maximum absolute atomic E-state index is 6.75. The largest absolute Gasteiger partial charge is 0.457 e. The number of anilines is 2. The summed E-state index contributed by atoms with van der Waals surface area (Å²) in [5.41, 5.74) is 21.8. The van der Waals surface area contributed by atoms with Crippen molar-refractivity contribution in [2.24, 2.45) is 0 Å². The Kier molecular flexibility index (Phi) is 9.71. The molecule has 0 saturated heterocycles. The van der Waals surface area contributed by atoms with E-state index in [-0.39, 0.29) is 5.41 Å². The van der Waals surface area contributed by atoms with Crippen molar-refractivity contribution in [3.05, 3.63) is 106 Å². The average Bonchev–Trinajstić information content (AvgIpc) is 3.12. The molecule has 0 bridgehead atoms. The van der Waals surface area contributed by atoms with Gasteiger partial charge < -0.3 is 20.9 Å². The van der Waals surface area contributed by atoms with E-state index < -0.39 is 0 Å². The third-order valence-corrected chi connectivity index (χ3v) is 11.7. The molecule has 0 aliphatic heterocycles. The number of ether oxygens (including phenoxy) is 2. The standard InChI is InChI=1S/C44H54N2O2/c1-30-26-34(28-40(32-12-6-3-7-13-32)42(30)47-38-20-16-36(45)17-21-38)44(24-10-5-11-25-44)35-27-31(2)43(48-39-22-18-37(46)19-23-39)41(29-35)33-14-8-4-9-15-33/h16-23,26-29,32-33H,3-15,24-25,45-46H2,1-2H3. The average molecular weight is 643 g/mol. The molecule has 0 amide bonds. The van der Waals surface area contributed by atoms with E-state index in [9.17, 15) is 0 Å². The van der Waals surface area contributed by atoms with Crippen LogP contribution < -0.4 is 20.9 Å². The van der Waals surface area contributed by atoms with Crippen molar-refractivity contribution in [3.63, 3.8) is 0 Å². The van der Waals surface area contributed by atoms with Crippen molar-refractivity contribution < 1.29 is 9.47 Å². The lowest BCUT2D eigenvalue weighted by Gasteiger charge is -2.41. The first-order chi connectivity index (χ1) is 23.4. The monoisotopic (exact) mass is 642 g/mol. The third-order valence-electron chi connectivity index (χ3n) is 11.7. The first kappa shape index (κ1) is 32.6. The van der Waals surface area contributed by atoms with E-state index in [1.165, 1.54) is 130 Å². The maximum Gasteiger partial charge on any atom is 0.133 e. The quantitative estimate of drug-likeness (QED) is 0.188. The molecular weight excluding hydrogens is 588 g/mol. The van der Waals surface area contributed by atoms with Crippen molar-refractivity contribution in [2.45, 2.75) is 127 Å². The molecule has 0 atom stereocenters. The molecule has 3 aliphatic carbocycles. The second-order valence-corrected chi connectivity index (χ2v) is 15.1. The highest BCUT2D eigenvalue weighted by Gasteiger charge is 2.39. The number of nitrogens with two attached hydrogens (primary N) is 2. The molecule has 0 spiro atoms. The van der Waals surface area contributed by atoms with Crippen LogP contribution in [0.3, 0.4) is 0 Å². The van der Waals surface area contributed by atoms with Crippen molar-refractivity contribution in [3.8, 4) is 23.0 Å². The SMILES string of the molecule is Cc1cc(C2(c3cc(C)c(Oc4ccc(N)cc4)c(C4CCCCC4)c3)CCCCC2)cc(C2CCCCC2)c1Oc1ccc(N)cc1. The molecule has 4 N–H and O–H groups in total. The van der Waals surface area contributed by atoms with Crippen LogP contribution in [0.25, 0.3) is 0 Å². The van der Waals surface area contributed by atoms with Crippen LogP contribution in [0, 0.1) is 13.8 Å². The van der Waals surface area contributed by atoms with Gasteiger partial charge in [0.15, 0.2) is 0 Å². The van der Waals surface area contributed by atoms with Gasteiger partial charge in [0.25, 0.3) is 0 Å². The highest BCUT2D eigenvalue weighted by atomic mass is 16.5. The Balaban J connectivity index is 1.35. The van der Waals surface area contributed by atoms with Crippen LogP contribution in [0.2, 0.25) is 0 Å². The van der Waals surface area contributed by atoms with Gasteiger partial charge in [-0.2, -0.15) is 0 Å². The van der Waals surface area contributed by atoms with E-state index >= 15 is 0 Å². The van der Waals surface area contributed by atoms with Gasteiger partial charge in [-0.15, -0.1) is 0 Å². The number of hydrogen-bond acceptors (Lipinski definition) is 4. The number of aryl methyl sites for hydroxylation is 2. The summed E-state index contributed by atoms with van der Waals surface area (Å²) in [5, 5.41) is 0. The Morgan fingerprint density at radius 2 is 0.875 bits per heavy atom. The lowest BCUT2D eigenvalue weighted by atomic mass is 9.63. The Morgan fingerprint density at radius 1 is 0.500 bits per heavy atom. The van der Waals surface area contributed by atoms with Crippen LogP contribution in [0.1, 0.15) is 142 Å². The molecule has 7 rings (SSSR count). The number of rotatable bonds is 8. The zero-order chi connectivity index (χ0) is 33.1. The van der Waals surface area contributed by atoms with E-state index in [1.54, 1.807) is 0 Å². The molecule has 0 heterocycles. The summed E-state index contributed by atoms with van der Waals surface area (Å²) in [7, 11) is 0. The molecule has 4 aromatic carbocycles. The van der Waals surface area contributed by atoms with Crippen LogP contribution in [-0.2, 0) is 5.41 Å². The van der Waals surface area contributed by atoms with E-state index in [0.29, 0.717) is 11.8 Å². The van der Waals surface area contributed by atoms with Crippen molar-refractivity contribution in [1.29, 1.82) is 0 Å². The van der Waals surface area contributed by atoms with E-state index in [2.05, 4.69) is 38.1 Å². The minimum absolute atomic E-state index is 0.0277. The van der Waals surface area contributed by atoms with Crippen LogP contribution in [0.5, 0.6) is 23.0 Å². The van der Waals surface area contributed by atoms with Gasteiger partial charge in [-0.3, -0.25) is 0 Å². The fourth-order valence-electron chi connectivity index (χ4n) is 9.07. The smallest absolute Gasteiger partial charge is 0.133 e. The predicted octanol–water partition coefficient (Wildman–Crippen LogP) is 12.4. The van der Waals surface area contributed by atoms with Gasteiger partial charge in [-0.05, 0) is 146 Å². The molecular formula is C44H54N2O2. The molecule has 48 heavy (non-hydrogen) atoms.